The van der Waals surface area contributed by atoms with Crippen LogP contribution in [0.15, 0.2) is 86.0 Å². The molecule has 3 amide bonds. The van der Waals surface area contributed by atoms with Gasteiger partial charge in [0.15, 0.2) is 0 Å². The molecule has 3 unspecified atom stereocenters. The quantitative estimate of drug-likeness (QED) is 0.343. The number of nitrogens with zero attached hydrogens (tertiary/aromatic N) is 3. The Morgan fingerprint density at radius 3 is 2.24 bits per heavy atom. The van der Waals surface area contributed by atoms with Crippen molar-refractivity contribution in [1.82, 2.24) is 9.80 Å². The van der Waals surface area contributed by atoms with Crippen LogP contribution in [-0.2, 0) is 19.1 Å². The van der Waals surface area contributed by atoms with Crippen molar-refractivity contribution < 1.29 is 24.2 Å². The standard InChI is InChI=1S/C38H47N3O5/c1-5-22-39(28-18-12-8-13-19-28)34(43)31-32-35(44)41(30(25-42)27-16-10-7-11-17-27)33(38(32)24-26(3)37(31,4)46-38)36(45)40(23-6-2)29-20-14-9-15-21-29/h5-8,10-13,16-19,26,29-33,42H,1-2,9,14-15,20-25H2,3-4H3/t26?,30-,31+,32+,33?,37-,38?/m1/s1. The number of hydrogen-bond donors (Lipinski definition) is 1. The molecule has 3 heterocycles. The molecule has 1 aliphatic carbocycles. The molecule has 244 valence electrons. The molecule has 1 spiro atoms. The Kier molecular flexibility index (Phi) is 8.96. The highest BCUT2D eigenvalue weighted by Crippen LogP contribution is 2.66. The lowest BCUT2D eigenvalue weighted by molar-refractivity contribution is -0.157. The van der Waals surface area contributed by atoms with E-state index in [2.05, 4.69) is 20.1 Å². The zero-order valence-corrected chi connectivity index (χ0v) is 27.1. The molecule has 3 saturated heterocycles. The fraction of sp³-hybridized carbons (Fsp3) is 0.500. The second-order valence-corrected chi connectivity index (χ2v) is 13.7. The van der Waals surface area contributed by atoms with Crippen LogP contribution in [0.5, 0.6) is 0 Å². The first-order chi connectivity index (χ1) is 22.2. The monoisotopic (exact) mass is 625 g/mol. The van der Waals surface area contributed by atoms with Crippen LogP contribution in [-0.4, -0.2) is 75.6 Å². The predicted molar refractivity (Wildman–Crippen MR) is 178 cm³/mol. The number of rotatable bonds is 11. The summed E-state index contributed by atoms with van der Waals surface area (Å²) in [5, 5.41) is 10.9. The number of ether oxygens (including phenoxy) is 1. The van der Waals surface area contributed by atoms with E-state index in [9.17, 15) is 9.90 Å². The van der Waals surface area contributed by atoms with Gasteiger partial charge in [-0.05, 0) is 49.8 Å². The van der Waals surface area contributed by atoms with Crippen LogP contribution in [0.4, 0.5) is 5.69 Å². The number of amides is 3. The average molecular weight is 626 g/mol. The number of hydrogen-bond acceptors (Lipinski definition) is 5. The van der Waals surface area contributed by atoms with Gasteiger partial charge in [-0.15, -0.1) is 13.2 Å². The number of carbonyl (C=O) groups excluding carboxylic acids is 3. The lowest BCUT2D eigenvalue weighted by Crippen LogP contribution is -2.59. The smallest absolute Gasteiger partial charge is 0.248 e. The third-order valence-electron chi connectivity index (χ3n) is 11.2. The van der Waals surface area contributed by atoms with Crippen LogP contribution in [0.3, 0.4) is 0 Å². The van der Waals surface area contributed by atoms with Crippen LogP contribution < -0.4 is 4.90 Å². The minimum absolute atomic E-state index is 0.0289. The van der Waals surface area contributed by atoms with Crippen molar-refractivity contribution in [2.45, 2.75) is 81.7 Å². The lowest BCUT2D eigenvalue weighted by Gasteiger charge is -2.42. The van der Waals surface area contributed by atoms with E-state index >= 15 is 9.59 Å². The number of carbonyl (C=O) groups is 3. The summed E-state index contributed by atoms with van der Waals surface area (Å²) in [6.45, 7) is 12.1. The normalized spacial score (nSPS) is 30.9. The van der Waals surface area contributed by atoms with E-state index in [4.69, 9.17) is 4.74 Å². The van der Waals surface area contributed by atoms with Gasteiger partial charge in [0.2, 0.25) is 17.7 Å². The Morgan fingerprint density at radius 2 is 1.63 bits per heavy atom. The Morgan fingerprint density at radius 1 is 1.00 bits per heavy atom. The largest absolute Gasteiger partial charge is 0.394 e. The third kappa shape index (κ3) is 5.01. The second-order valence-electron chi connectivity index (χ2n) is 13.7. The highest BCUT2D eigenvalue weighted by molar-refractivity contribution is 6.03. The summed E-state index contributed by atoms with van der Waals surface area (Å²) in [4.78, 5) is 50.1. The first-order valence-corrected chi connectivity index (χ1v) is 16.8. The maximum absolute atomic E-state index is 15.1. The fourth-order valence-corrected chi connectivity index (χ4v) is 9.03. The Hall–Kier alpha value is -3.75. The number of fused-ring (bicyclic) bond motifs is 1. The minimum atomic E-state index is -1.23. The summed E-state index contributed by atoms with van der Waals surface area (Å²) >= 11 is 0. The maximum atomic E-state index is 15.1. The van der Waals surface area contributed by atoms with Crippen LogP contribution in [0.2, 0.25) is 0 Å². The lowest BCUT2D eigenvalue weighted by atomic mass is 9.62. The van der Waals surface area contributed by atoms with Gasteiger partial charge < -0.3 is 24.5 Å². The summed E-state index contributed by atoms with van der Waals surface area (Å²) in [5.41, 5.74) is -0.751. The van der Waals surface area contributed by atoms with Crippen LogP contribution in [0, 0.1) is 17.8 Å². The number of benzene rings is 2. The van der Waals surface area contributed by atoms with E-state index in [0.717, 1.165) is 37.7 Å². The summed E-state index contributed by atoms with van der Waals surface area (Å²) in [5.74, 6) is -2.54. The molecule has 4 fully saturated rings. The first kappa shape index (κ1) is 32.2. The highest BCUT2D eigenvalue weighted by atomic mass is 16.5. The zero-order chi connectivity index (χ0) is 32.6. The van der Waals surface area contributed by atoms with Crippen molar-refractivity contribution in [2.75, 3.05) is 24.6 Å². The predicted octanol–water partition coefficient (Wildman–Crippen LogP) is 5.30. The number of aliphatic hydroxyl groups excluding tert-OH is 1. The van der Waals surface area contributed by atoms with Gasteiger partial charge in [0.25, 0.3) is 0 Å². The summed E-state index contributed by atoms with van der Waals surface area (Å²) in [7, 11) is 0. The average Bonchev–Trinajstić information content (AvgIpc) is 3.60. The van der Waals surface area contributed by atoms with E-state index in [1.165, 1.54) is 0 Å². The van der Waals surface area contributed by atoms with Gasteiger partial charge >= 0.3 is 0 Å². The molecular formula is C38H47N3O5. The third-order valence-corrected chi connectivity index (χ3v) is 11.2. The summed E-state index contributed by atoms with van der Waals surface area (Å²) in [6, 6.07) is 17.0. The molecule has 46 heavy (non-hydrogen) atoms. The summed E-state index contributed by atoms with van der Waals surface area (Å²) in [6.07, 6.45) is 8.89. The number of para-hydroxylation sites is 1. The highest BCUT2D eigenvalue weighted by Gasteiger charge is 2.80. The van der Waals surface area contributed by atoms with E-state index in [0.29, 0.717) is 18.7 Å². The molecule has 0 aromatic heterocycles. The number of likely N-dealkylation sites (tertiary alicyclic amines) is 1. The van der Waals surface area contributed by atoms with Gasteiger partial charge in [0, 0.05) is 24.8 Å². The van der Waals surface area contributed by atoms with Crippen LogP contribution in [0.25, 0.3) is 0 Å². The molecule has 1 saturated carbocycles. The van der Waals surface area contributed by atoms with E-state index in [-0.39, 0.29) is 42.8 Å². The topological polar surface area (TPSA) is 90.4 Å². The van der Waals surface area contributed by atoms with Crippen molar-refractivity contribution >= 4 is 23.4 Å². The van der Waals surface area contributed by atoms with Gasteiger partial charge in [0.1, 0.15) is 11.6 Å². The number of aliphatic hydroxyl groups is 1. The number of anilines is 1. The molecule has 2 bridgehead atoms. The fourth-order valence-electron chi connectivity index (χ4n) is 9.03. The Balaban J connectivity index is 1.50. The molecule has 0 radical (unpaired) electrons. The molecule has 3 aliphatic heterocycles. The Labute approximate surface area is 272 Å². The molecule has 2 aromatic carbocycles. The van der Waals surface area contributed by atoms with Crippen molar-refractivity contribution in [1.29, 1.82) is 0 Å². The minimum Gasteiger partial charge on any atom is -0.394 e. The molecule has 7 atom stereocenters. The molecule has 1 N–H and O–H groups in total. The SMILES string of the molecule is C=CCN(C(=O)[C@@H]1[C@H]2C(=O)N([C@H](CO)c3ccccc3)C(C(=O)N(CC=C)C3CCCCC3)C23CC(C)[C@@]1(C)O3)c1ccccc1. The van der Waals surface area contributed by atoms with Crippen molar-refractivity contribution in [3.8, 4) is 0 Å². The molecular weight excluding hydrogens is 578 g/mol. The molecule has 8 heteroatoms. The molecule has 2 aromatic rings. The summed E-state index contributed by atoms with van der Waals surface area (Å²) < 4.78 is 7.07. The zero-order valence-electron chi connectivity index (χ0n) is 27.1. The molecule has 6 rings (SSSR count). The van der Waals surface area contributed by atoms with Gasteiger partial charge in [-0.2, -0.15) is 0 Å². The van der Waals surface area contributed by atoms with Crippen molar-refractivity contribution in [3.05, 3.63) is 91.5 Å². The van der Waals surface area contributed by atoms with E-state index < -0.39 is 35.1 Å². The van der Waals surface area contributed by atoms with E-state index in [1.54, 1.807) is 22.0 Å². The van der Waals surface area contributed by atoms with Crippen LogP contribution in [0.1, 0.15) is 64.0 Å². The van der Waals surface area contributed by atoms with Gasteiger partial charge in [-0.25, -0.2) is 0 Å². The van der Waals surface area contributed by atoms with Crippen LogP contribution >= 0.6 is 0 Å². The van der Waals surface area contributed by atoms with Crippen molar-refractivity contribution in [3.63, 3.8) is 0 Å². The van der Waals surface area contributed by atoms with Gasteiger partial charge in [-0.3, -0.25) is 14.4 Å². The first-order valence-electron chi connectivity index (χ1n) is 16.8. The van der Waals surface area contributed by atoms with E-state index in [1.807, 2.05) is 72.5 Å². The van der Waals surface area contributed by atoms with Gasteiger partial charge in [0.05, 0.1) is 30.1 Å². The maximum Gasteiger partial charge on any atom is 0.248 e. The van der Waals surface area contributed by atoms with Gasteiger partial charge in [-0.1, -0.05) is 86.9 Å². The molecule has 8 nitrogen and oxygen atoms in total. The molecule has 4 aliphatic rings. The van der Waals surface area contributed by atoms with Crippen molar-refractivity contribution in [2.24, 2.45) is 17.8 Å². The Bertz CT molecular complexity index is 1460. The second kappa shape index (κ2) is 12.8.